The van der Waals surface area contributed by atoms with Gasteiger partial charge in [0.1, 0.15) is 13.2 Å². The Balaban J connectivity index is 4.04. The summed E-state index contributed by atoms with van der Waals surface area (Å²) in [7, 11) is 5.96. The summed E-state index contributed by atoms with van der Waals surface area (Å²) in [5, 5.41) is 9.69. The first-order valence-electron chi connectivity index (χ1n) is 30.8. The van der Waals surface area contributed by atoms with Gasteiger partial charge in [-0.1, -0.05) is 249 Å². The second kappa shape index (κ2) is 55.5. The number of esters is 2. The minimum Gasteiger partial charge on any atom is -0.477 e. The van der Waals surface area contributed by atoms with Gasteiger partial charge in [-0.3, -0.25) is 9.59 Å². The predicted molar refractivity (Wildman–Crippen MR) is 309 cm³/mol. The van der Waals surface area contributed by atoms with Gasteiger partial charge < -0.3 is 28.5 Å². The molecule has 0 saturated heterocycles. The lowest BCUT2D eigenvalue weighted by molar-refractivity contribution is -0.870. The number of likely N-dealkylation sites (N-methyl/N-ethyl adjacent to an activating group) is 1. The molecule has 0 aromatic heterocycles. The topological polar surface area (TPSA) is 108 Å². The van der Waals surface area contributed by atoms with Gasteiger partial charge in [0.05, 0.1) is 34.4 Å². The summed E-state index contributed by atoms with van der Waals surface area (Å²) < 4.78 is 22.9. The fraction of sp³-hybridized carbons (Fsp3) is 0.828. The van der Waals surface area contributed by atoms with Crippen molar-refractivity contribution in [3.05, 3.63) is 48.6 Å². The highest BCUT2D eigenvalue weighted by molar-refractivity contribution is 5.71. The zero-order valence-electron chi connectivity index (χ0n) is 48.6. The number of hydrogen-bond acceptors (Lipinski definition) is 7. The average molecular weight is 1030 g/mol. The van der Waals surface area contributed by atoms with E-state index in [0.29, 0.717) is 23.9 Å². The van der Waals surface area contributed by atoms with E-state index < -0.39 is 24.3 Å². The van der Waals surface area contributed by atoms with Crippen molar-refractivity contribution in [2.24, 2.45) is 0 Å². The number of nitrogens with zero attached hydrogens (tertiary/aromatic N) is 1. The number of unbranched alkanes of at least 4 members (excludes halogenated alkanes) is 34. The van der Waals surface area contributed by atoms with Crippen molar-refractivity contribution in [3.8, 4) is 0 Å². The van der Waals surface area contributed by atoms with Gasteiger partial charge in [0.15, 0.2) is 6.10 Å². The van der Waals surface area contributed by atoms with Crippen LogP contribution < -0.4 is 0 Å². The van der Waals surface area contributed by atoms with Crippen molar-refractivity contribution in [1.29, 1.82) is 0 Å². The number of carbonyl (C=O) groups is 3. The molecular formula is C64H118NO8+. The van der Waals surface area contributed by atoms with E-state index in [9.17, 15) is 19.5 Å². The molecule has 0 rings (SSSR count). The van der Waals surface area contributed by atoms with E-state index in [0.717, 1.165) is 70.6 Å². The number of allylic oxidation sites excluding steroid dienone is 8. The molecule has 0 bridgehead atoms. The van der Waals surface area contributed by atoms with Gasteiger partial charge in [0, 0.05) is 12.8 Å². The van der Waals surface area contributed by atoms with Crippen LogP contribution in [0.5, 0.6) is 0 Å². The second-order valence-electron chi connectivity index (χ2n) is 22.0. The SMILES string of the molecule is CC/C=C\C/C=C\C/C=C\CCCCCCCC(=O)OC(COC(=O)CCCCCCCCCCCCCCCCCCCCCCC/C=C\CCCCCCCCCC)COC(OCC[N+](C)(C)C)C(=O)O. The Kier molecular flexibility index (Phi) is 53.4. The molecule has 2 unspecified atom stereocenters. The second-order valence-corrected chi connectivity index (χ2v) is 22.0. The highest BCUT2D eigenvalue weighted by Crippen LogP contribution is 2.17. The first-order chi connectivity index (χ1) is 35.6. The molecule has 1 N–H and O–H groups in total. The normalized spacial score (nSPS) is 13.1. The first kappa shape index (κ1) is 70.2. The fourth-order valence-corrected chi connectivity index (χ4v) is 8.85. The molecular weight excluding hydrogens is 911 g/mol. The summed E-state index contributed by atoms with van der Waals surface area (Å²) in [6.07, 6.45) is 66.5. The van der Waals surface area contributed by atoms with Crippen molar-refractivity contribution in [2.75, 3.05) is 47.5 Å². The summed E-state index contributed by atoms with van der Waals surface area (Å²) in [5.41, 5.74) is 0. The summed E-state index contributed by atoms with van der Waals surface area (Å²) in [5.74, 6) is -2.02. The molecule has 73 heavy (non-hydrogen) atoms. The van der Waals surface area contributed by atoms with E-state index >= 15 is 0 Å². The maximum Gasteiger partial charge on any atom is 0.361 e. The van der Waals surface area contributed by atoms with Crippen LogP contribution in [-0.2, 0) is 33.3 Å². The highest BCUT2D eigenvalue weighted by atomic mass is 16.7. The third kappa shape index (κ3) is 56.8. The van der Waals surface area contributed by atoms with Crippen LogP contribution >= 0.6 is 0 Å². The Morgan fingerprint density at radius 2 is 0.781 bits per heavy atom. The monoisotopic (exact) mass is 1030 g/mol. The first-order valence-corrected chi connectivity index (χ1v) is 30.8. The maximum absolute atomic E-state index is 12.8. The van der Waals surface area contributed by atoms with E-state index in [1.807, 2.05) is 21.1 Å². The Hall–Kier alpha value is -2.75. The third-order valence-corrected chi connectivity index (χ3v) is 13.6. The molecule has 0 aliphatic heterocycles. The lowest BCUT2D eigenvalue weighted by atomic mass is 10.0. The zero-order chi connectivity index (χ0) is 53.4. The number of ether oxygens (including phenoxy) is 4. The summed E-state index contributed by atoms with van der Waals surface area (Å²) in [4.78, 5) is 37.4. The Labute approximate surface area is 451 Å². The minimum absolute atomic E-state index is 0.184. The Morgan fingerprint density at radius 1 is 0.425 bits per heavy atom. The highest BCUT2D eigenvalue weighted by Gasteiger charge is 2.25. The summed E-state index contributed by atoms with van der Waals surface area (Å²) in [6.45, 7) is 4.77. The van der Waals surface area contributed by atoms with Crippen molar-refractivity contribution >= 4 is 17.9 Å². The van der Waals surface area contributed by atoms with Crippen molar-refractivity contribution in [1.82, 2.24) is 0 Å². The van der Waals surface area contributed by atoms with Gasteiger partial charge in [0.2, 0.25) is 0 Å². The zero-order valence-corrected chi connectivity index (χ0v) is 48.6. The Morgan fingerprint density at radius 3 is 1.18 bits per heavy atom. The van der Waals surface area contributed by atoms with Crippen LogP contribution in [0.1, 0.15) is 284 Å². The van der Waals surface area contributed by atoms with Gasteiger partial charge >= 0.3 is 17.9 Å². The quantitative estimate of drug-likeness (QED) is 0.0211. The molecule has 0 amide bonds. The molecule has 426 valence electrons. The van der Waals surface area contributed by atoms with Crippen LogP contribution in [-0.4, -0.2) is 87.4 Å². The molecule has 9 nitrogen and oxygen atoms in total. The smallest absolute Gasteiger partial charge is 0.361 e. The molecule has 2 atom stereocenters. The number of carboxylic acids is 1. The van der Waals surface area contributed by atoms with Crippen LogP contribution in [0.4, 0.5) is 0 Å². The van der Waals surface area contributed by atoms with E-state index in [1.54, 1.807) is 0 Å². The summed E-state index contributed by atoms with van der Waals surface area (Å²) in [6, 6.07) is 0. The number of carbonyl (C=O) groups excluding carboxylic acids is 2. The maximum atomic E-state index is 12.8. The fourth-order valence-electron chi connectivity index (χ4n) is 8.85. The van der Waals surface area contributed by atoms with Crippen LogP contribution in [0, 0.1) is 0 Å². The van der Waals surface area contributed by atoms with E-state index in [2.05, 4.69) is 62.5 Å². The molecule has 0 saturated carbocycles. The average Bonchev–Trinajstić information content (AvgIpc) is 3.36. The van der Waals surface area contributed by atoms with Gasteiger partial charge in [-0.05, 0) is 70.6 Å². The van der Waals surface area contributed by atoms with E-state index in [4.69, 9.17) is 18.9 Å². The van der Waals surface area contributed by atoms with Crippen LogP contribution in [0.2, 0.25) is 0 Å². The molecule has 0 aliphatic rings. The molecule has 0 fully saturated rings. The van der Waals surface area contributed by atoms with Gasteiger partial charge in [-0.15, -0.1) is 0 Å². The number of aliphatic carboxylic acids is 1. The molecule has 0 spiro atoms. The van der Waals surface area contributed by atoms with Gasteiger partial charge in [0.25, 0.3) is 6.29 Å². The minimum atomic E-state index is -1.51. The van der Waals surface area contributed by atoms with Crippen molar-refractivity contribution in [2.45, 2.75) is 296 Å². The summed E-state index contributed by atoms with van der Waals surface area (Å²) >= 11 is 0. The lowest BCUT2D eigenvalue weighted by Gasteiger charge is -2.25. The van der Waals surface area contributed by atoms with Crippen molar-refractivity contribution in [3.63, 3.8) is 0 Å². The molecule has 9 heteroatoms. The molecule has 0 aromatic rings. The van der Waals surface area contributed by atoms with E-state index in [1.165, 1.54) is 180 Å². The molecule has 0 heterocycles. The van der Waals surface area contributed by atoms with Crippen molar-refractivity contribution < 1.29 is 42.9 Å². The standard InChI is InChI=1S/C64H117NO8/c1-6-8-10-12-14-16-18-20-22-23-24-25-26-27-28-29-30-31-32-33-34-35-36-37-38-39-41-42-44-46-48-50-52-54-61(66)71-58-60(59-72-64(63(68)69)70-57-56-65(3,4)5)73-62(67)55-53-51-49-47-45-43-40-21-19-17-15-13-11-9-7-2/h9,11,15,17,21,23-24,40,60,64H,6-8,10,12-14,16,18-20,22,25-39,41-59H2,1-5H3/p+1/b11-9-,17-15-,24-23-,40-21-. The molecule has 0 radical (unpaired) electrons. The number of hydrogen-bond donors (Lipinski definition) is 1. The Bertz CT molecular complexity index is 1340. The molecule has 0 aromatic carbocycles. The van der Waals surface area contributed by atoms with Crippen LogP contribution in [0.15, 0.2) is 48.6 Å². The lowest BCUT2D eigenvalue weighted by Crippen LogP contribution is -2.40. The number of carboxylic acid groups (broad SMARTS) is 1. The molecule has 0 aliphatic carbocycles. The third-order valence-electron chi connectivity index (χ3n) is 13.6. The largest absolute Gasteiger partial charge is 0.477 e. The van der Waals surface area contributed by atoms with Crippen LogP contribution in [0.25, 0.3) is 0 Å². The van der Waals surface area contributed by atoms with Crippen LogP contribution in [0.3, 0.4) is 0 Å². The number of quaternary nitrogens is 1. The number of rotatable bonds is 57. The predicted octanol–water partition coefficient (Wildman–Crippen LogP) is 18.2. The van der Waals surface area contributed by atoms with E-state index in [-0.39, 0.29) is 32.2 Å². The van der Waals surface area contributed by atoms with Gasteiger partial charge in [-0.2, -0.15) is 0 Å². The van der Waals surface area contributed by atoms with Gasteiger partial charge in [-0.25, -0.2) is 4.79 Å².